The normalized spacial score (nSPS) is 17.8. The van der Waals surface area contributed by atoms with Gasteiger partial charge in [0.1, 0.15) is 0 Å². The lowest BCUT2D eigenvalue weighted by Gasteiger charge is -2.13. The molecule has 0 saturated heterocycles. The summed E-state index contributed by atoms with van der Waals surface area (Å²) in [6.07, 6.45) is 2.32. The number of amides is 1. The molecule has 1 aromatic carbocycles. The molecule has 0 aliphatic heterocycles. The van der Waals surface area contributed by atoms with E-state index in [-0.39, 0.29) is 6.04 Å². The van der Waals surface area contributed by atoms with Crippen molar-refractivity contribution in [1.82, 2.24) is 0 Å². The molecule has 74 valence electrons. The molecule has 0 radical (unpaired) electrons. The smallest absolute Gasteiger partial charge is 0.249 e. The summed E-state index contributed by atoms with van der Waals surface area (Å²) >= 11 is 0. The molecule has 1 fully saturated rings. The summed E-state index contributed by atoms with van der Waals surface area (Å²) < 4.78 is 0. The Kier molecular flexibility index (Phi) is 2.25. The Bertz CT molecular complexity index is 358. The molecule has 4 N–H and O–H groups in total. The van der Waals surface area contributed by atoms with Crippen molar-refractivity contribution in [3.8, 4) is 0 Å². The molecule has 1 aromatic rings. The fourth-order valence-corrected chi connectivity index (χ4v) is 1.72. The zero-order chi connectivity index (χ0) is 10.1. The number of nitrogens with two attached hydrogens (primary N) is 2. The van der Waals surface area contributed by atoms with Gasteiger partial charge >= 0.3 is 0 Å². The van der Waals surface area contributed by atoms with E-state index in [4.69, 9.17) is 11.5 Å². The highest BCUT2D eigenvalue weighted by Crippen LogP contribution is 2.40. The van der Waals surface area contributed by atoms with Crippen LogP contribution in [0.3, 0.4) is 0 Å². The van der Waals surface area contributed by atoms with Crippen LogP contribution in [-0.4, -0.2) is 5.91 Å². The molecule has 0 spiro atoms. The summed E-state index contributed by atoms with van der Waals surface area (Å²) in [7, 11) is 0. The zero-order valence-electron chi connectivity index (χ0n) is 7.94. The molecule has 1 amide bonds. The van der Waals surface area contributed by atoms with Gasteiger partial charge in [0.05, 0.1) is 0 Å². The lowest BCUT2D eigenvalue weighted by molar-refractivity contribution is 0.0999. The van der Waals surface area contributed by atoms with Crippen LogP contribution in [0.15, 0.2) is 24.3 Å². The van der Waals surface area contributed by atoms with E-state index < -0.39 is 5.91 Å². The number of carbonyl (C=O) groups excluding carboxylic acids is 1. The van der Waals surface area contributed by atoms with Gasteiger partial charge in [0.25, 0.3) is 0 Å². The van der Waals surface area contributed by atoms with Gasteiger partial charge in [0.2, 0.25) is 5.91 Å². The standard InChI is InChI=1S/C11H14N2O/c12-10(7-5-6-7)8-3-1-2-4-9(8)11(13)14/h1-4,7,10H,5-6,12H2,(H2,13,14). The van der Waals surface area contributed by atoms with Gasteiger partial charge in [-0.15, -0.1) is 0 Å². The average molecular weight is 190 g/mol. The summed E-state index contributed by atoms with van der Waals surface area (Å²) in [5.41, 5.74) is 12.8. The van der Waals surface area contributed by atoms with Gasteiger partial charge in [-0.2, -0.15) is 0 Å². The summed E-state index contributed by atoms with van der Waals surface area (Å²) in [5, 5.41) is 0. The Labute approximate surface area is 83.1 Å². The molecule has 3 heteroatoms. The number of hydrogen-bond acceptors (Lipinski definition) is 2. The molecule has 1 atom stereocenters. The van der Waals surface area contributed by atoms with Crippen molar-refractivity contribution in [3.05, 3.63) is 35.4 Å². The summed E-state index contributed by atoms with van der Waals surface area (Å²) in [4.78, 5) is 11.1. The molecule has 1 unspecified atom stereocenters. The Morgan fingerprint density at radius 3 is 2.57 bits per heavy atom. The monoisotopic (exact) mass is 190 g/mol. The number of rotatable bonds is 3. The molecule has 1 saturated carbocycles. The van der Waals surface area contributed by atoms with E-state index in [1.807, 2.05) is 18.2 Å². The Balaban J connectivity index is 2.34. The molecule has 2 rings (SSSR count). The molecule has 0 aromatic heterocycles. The van der Waals surface area contributed by atoms with Gasteiger partial charge in [-0.1, -0.05) is 18.2 Å². The highest BCUT2D eigenvalue weighted by atomic mass is 16.1. The van der Waals surface area contributed by atoms with Crippen LogP contribution in [0.25, 0.3) is 0 Å². The van der Waals surface area contributed by atoms with Crippen LogP contribution in [0.4, 0.5) is 0 Å². The maximum Gasteiger partial charge on any atom is 0.249 e. The SMILES string of the molecule is NC(=O)c1ccccc1C(N)C1CC1. The first-order chi connectivity index (χ1) is 6.70. The number of carbonyl (C=O) groups is 1. The van der Waals surface area contributed by atoms with E-state index in [0.717, 1.165) is 18.4 Å². The zero-order valence-corrected chi connectivity index (χ0v) is 7.94. The second-order valence-corrected chi connectivity index (χ2v) is 3.81. The number of primary amides is 1. The van der Waals surface area contributed by atoms with Crippen molar-refractivity contribution < 1.29 is 4.79 Å². The van der Waals surface area contributed by atoms with Crippen molar-refractivity contribution in [2.75, 3.05) is 0 Å². The van der Waals surface area contributed by atoms with Gasteiger partial charge in [0.15, 0.2) is 0 Å². The topological polar surface area (TPSA) is 69.1 Å². The van der Waals surface area contributed by atoms with Gasteiger partial charge in [0, 0.05) is 11.6 Å². The average Bonchev–Trinajstić information content (AvgIpc) is 3.00. The quantitative estimate of drug-likeness (QED) is 0.751. The molecule has 14 heavy (non-hydrogen) atoms. The maximum atomic E-state index is 11.1. The fourth-order valence-electron chi connectivity index (χ4n) is 1.72. The third-order valence-corrected chi connectivity index (χ3v) is 2.72. The predicted octanol–water partition coefficient (Wildman–Crippen LogP) is 1.20. The lowest BCUT2D eigenvalue weighted by Crippen LogP contribution is -2.20. The third kappa shape index (κ3) is 1.63. The van der Waals surface area contributed by atoms with Gasteiger partial charge < -0.3 is 11.5 Å². The van der Waals surface area contributed by atoms with Crippen molar-refractivity contribution in [2.45, 2.75) is 18.9 Å². The van der Waals surface area contributed by atoms with Crippen molar-refractivity contribution in [1.29, 1.82) is 0 Å². The second kappa shape index (κ2) is 3.42. The first-order valence-corrected chi connectivity index (χ1v) is 4.84. The lowest BCUT2D eigenvalue weighted by atomic mass is 9.97. The minimum absolute atomic E-state index is 0.0290. The van der Waals surface area contributed by atoms with Crippen molar-refractivity contribution >= 4 is 5.91 Å². The fraction of sp³-hybridized carbons (Fsp3) is 0.364. The molecule has 0 heterocycles. The number of hydrogen-bond donors (Lipinski definition) is 2. The van der Waals surface area contributed by atoms with Crippen LogP contribution in [0.1, 0.15) is 34.8 Å². The first-order valence-electron chi connectivity index (χ1n) is 4.84. The minimum Gasteiger partial charge on any atom is -0.366 e. The van der Waals surface area contributed by atoms with Gasteiger partial charge in [-0.3, -0.25) is 4.79 Å². The minimum atomic E-state index is -0.392. The molecular formula is C11H14N2O. The Morgan fingerprint density at radius 1 is 1.36 bits per heavy atom. The summed E-state index contributed by atoms with van der Waals surface area (Å²) in [6, 6.07) is 7.30. The number of benzene rings is 1. The van der Waals surface area contributed by atoms with Crippen LogP contribution in [0.5, 0.6) is 0 Å². The molecule has 1 aliphatic carbocycles. The van der Waals surface area contributed by atoms with E-state index in [0.29, 0.717) is 11.5 Å². The van der Waals surface area contributed by atoms with Crippen LogP contribution in [-0.2, 0) is 0 Å². The molecule has 0 bridgehead atoms. The van der Waals surface area contributed by atoms with Gasteiger partial charge in [-0.25, -0.2) is 0 Å². The first kappa shape index (κ1) is 9.21. The van der Waals surface area contributed by atoms with Crippen LogP contribution in [0.2, 0.25) is 0 Å². The van der Waals surface area contributed by atoms with Crippen LogP contribution < -0.4 is 11.5 Å². The molecule has 3 nitrogen and oxygen atoms in total. The highest BCUT2D eigenvalue weighted by Gasteiger charge is 2.31. The van der Waals surface area contributed by atoms with E-state index in [9.17, 15) is 4.79 Å². The van der Waals surface area contributed by atoms with E-state index in [2.05, 4.69) is 0 Å². The predicted molar refractivity (Wildman–Crippen MR) is 54.6 cm³/mol. The van der Waals surface area contributed by atoms with Crippen LogP contribution >= 0.6 is 0 Å². The third-order valence-electron chi connectivity index (χ3n) is 2.72. The summed E-state index contributed by atoms with van der Waals surface area (Å²) in [6.45, 7) is 0. The Morgan fingerprint density at radius 2 is 2.00 bits per heavy atom. The molecular weight excluding hydrogens is 176 g/mol. The van der Waals surface area contributed by atoms with E-state index in [1.165, 1.54) is 0 Å². The van der Waals surface area contributed by atoms with Crippen molar-refractivity contribution in [2.24, 2.45) is 17.4 Å². The highest BCUT2D eigenvalue weighted by molar-refractivity contribution is 5.94. The van der Waals surface area contributed by atoms with Crippen molar-refractivity contribution in [3.63, 3.8) is 0 Å². The second-order valence-electron chi connectivity index (χ2n) is 3.81. The van der Waals surface area contributed by atoms with E-state index >= 15 is 0 Å². The maximum absolute atomic E-state index is 11.1. The summed E-state index contributed by atoms with van der Waals surface area (Å²) in [5.74, 6) is 0.146. The van der Waals surface area contributed by atoms with E-state index in [1.54, 1.807) is 6.07 Å². The molecule has 1 aliphatic rings. The van der Waals surface area contributed by atoms with Crippen LogP contribution in [0, 0.1) is 5.92 Å². The largest absolute Gasteiger partial charge is 0.366 e. The van der Waals surface area contributed by atoms with Gasteiger partial charge in [-0.05, 0) is 30.4 Å². The Hall–Kier alpha value is -1.35.